The number of aromatic amines is 1. The Bertz CT molecular complexity index is 240. The summed E-state index contributed by atoms with van der Waals surface area (Å²) in [6.07, 6.45) is 8.27. The van der Waals surface area contributed by atoms with Crippen molar-refractivity contribution >= 4 is 5.95 Å². The highest BCUT2D eigenvalue weighted by Gasteiger charge is 2.12. The van der Waals surface area contributed by atoms with Gasteiger partial charge in [0.2, 0.25) is 0 Å². The van der Waals surface area contributed by atoms with E-state index in [9.17, 15) is 0 Å². The first-order chi connectivity index (χ1) is 6.95. The standard InChI is InChI=1S/C9H17N5/c1-2-4-8(5-3-1)6-7-10-9-11-13-14-12-9/h8H,1-7H2,(H2,10,11,12,13,14). The number of H-pyrrole nitrogens is 1. The summed E-state index contributed by atoms with van der Waals surface area (Å²) in [6, 6.07) is 0. The number of anilines is 1. The number of rotatable bonds is 4. The van der Waals surface area contributed by atoms with Gasteiger partial charge in [-0.15, -0.1) is 5.10 Å². The third-order valence-corrected chi connectivity index (χ3v) is 2.91. The number of hydrogen-bond acceptors (Lipinski definition) is 4. The molecule has 2 N–H and O–H groups in total. The fraction of sp³-hybridized carbons (Fsp3) is 0.889. The van der Waals surface area contributed by atoms with Crippen LogP contribution in [0.5, 0.6) is 0 Å². The molecule has 0 aliphatic heterocycles. The molecule has 5 heteroatoms. The van der Waals surface area contributed by atoms with Gasteiger partial charge in [-0.25, -0.2) is 0 Å². The zero-order valence-electron chi connectivity index (χ0n) is 8.37. The van der Waals surface area contributed by atoms with Crippen molar-refractivity contribution in [3.63, 3.8) is 0 Å². The van der Waals surface area contributed by atoms with E-state index < -0.39 is 0 Å². The minimum absolute atomic E-state index is 0.612. The molecule has 78 valence electrons. The topological polar surface area (TPSA) is 66.5 Å². The molecule has 1 aliphatic carbocycles. The van der Waals surface area contributed by atoms with Crippen molar-refractivity contribution in [2.24, 2.45) is 5.92 Å². The van der Waals surface area contributed by atoms with Gasteiger partial charge in [-0.2, -0.15) is 5.21 Å². The van der Waals surface area contributed by atoms with Crippen LogP contribution in [0.2, 0.25) is 0 Å². The summed E-state index contributed by atoms with van der Waals surface area (Å²) in [6.45, 7) is 0.962. The van der Waals surface area contributed by atoms with Crippen molar-refractivity contribution in [3.05, 3.63) is 0 Å². The van der Waals surface area contributed by atoms with Gasteiger partial charge in [-0.05, 0) is 17.6 Å². The normalized spacial score (nSPS) is 18.3. The molecule has 1 heterocycles. The summed E-state index contributed by atoms with van der Waals surface area (Å²) in [5.41, 5.74) is 0. The highest BCUT2D eigenvalue weighted by Crippen LogP contribution is 2.25. The second-order valence-corrected chi connectivity index (χ2v) is 3.95. The van der Waals surface area contributed by atoms with Crippen LogP contribution in [0, 0.1) is 5.92 Å². The maximum atomic E-state index is 3.84. The van der Waals surface area contributed by atoms with E-state index in [0.717, 1.165) is 12.5 Å². The lowest BCUT2D eigenvalue weighted by atomic mass is 9.87. The molecule has 1 aliphatic rings. The van der Waals surface area contributed by atoms with Crippen molar-refractivity contribution in [2.45, 2.75) is 38.5 Å². The third kappa shape index (κ3) is 2.68. The fourth-order valence-electron chi connectivity index (χ4n) is 2.10. The Kier molecular flexibility index (Phi) is 3.32. The van der Waals surface area contributed by atoms with Crippen LogP contribution in [0.4, 0.5) is 5.95 Å². The van der Waals surface area contributed by atoms with Gasteiger partial charge in [-0.1, -0.05) is 37.2 Å². The van der Waals surface area contributed by atoms with Crippen LogP contribution in [0.3, 0.4) is 0 Å². The Morgan fingerprint density at radius 2 is 2.14 bits per heavy atom. The van der Waals surface area contributed by atoms with Gasteiger partial charge in [0, 0.05) is 6.54 Å². The molecule has 2 rings (SSSR count). The average molecular weight is 195 g/mol. The molecule has 14 heavy (non-hydrogen) atoms. The van der Waals surface area contributed by atoms with Gasteiger partial charge in [0.1, 0.15) is 0 Å². The predicted octanol–water partition coefficient (Wildman–Crippen LogP) is 1.58. The van der Waals surface area contributed by atoms with Crippen molar-refractivity contribution in [2.75, 3.05) is 11.9 Å². The number of nitrogens with zero attached hydrogens (tertiary/aromatic N) is 3. The van der Waals surface area contributed by atoms with E-state index in [0.29, 0.717) is 5.95 Å². The summed E-state index contributed by atoms with van der Waals surface area (Å²) in [5, 5.41) is 16.8. The van der Waals surface area contributed by atoms with Gasteiger partial charge in [0.05, 0.1) is 0 Å². The fourth-order valence-corrected chi connectivity index (χ4v) is 2.10. The van der Waals surface area contributed by atoms with Gasteiger partial charge in [0.15, 0.2) is 0 Å². The lowest BCUT2D eigenvalue weighted by molar-refractivity contribution is 0.345. The molecule has 0 spiro atoms. The van der Waals surface area contributed by atoms with E-state index in [2.05, 4.69) is 25.9 Å². The second kappa shape index (κ2) is 4.93. The summed E-state index contributed by atoms with van der Waals surface area (Å²) in [5.74, 6) is 1.52. The molecule has 5 nitrogen and oxygen atoms in total. The monoisotopic (exact) mass is 195 g/mol. The number of hydrogen-bond donors (Lipinski definition) is 2. The summed E-state index contributed by atoms with van der Waals surface area (Å²) >= 11 is 0. The zero-order valence-corrected chi connectivity index (χ0v) is 8.37. The molecule has 0 saturated heterocycles. The highest BCUT2D eigenvalue weighted by molar-refractivity contribution is 5.17. The van der Waals surface area contributed by atoms with Crippen LogP contribution >= 0.6 is 0 Å². The van der Waals surface area contributed by atoms with Crippen molar-refractivity contribution in [1.82, 2.24) is 20.6 Å². The third-order valence-electron chi connectivity index (χ3n) is 2.91. The number of nitrogens with one attached hydrogen (secondary N) is 2. The van der Waals surface area contributed by atoms with E-state index in [1.807, 2.05) is 0 Å². The van der Waals surface area contributed by atoms with E-state index in [-0.39, 0.29) is 0 Å². The summed E-state index contributed by atoms with van der Waals surface area (Å²) in [4.78, 5) is 0. The summed E-state index contributed by atoms with van der Waals surface area (Å²) in [7, 11) is 0. The predicted molar refractivity (Wildman–Crippen MR) is 53.9 cm³/mol. The quantitative estimate of drug-likeness (QED) is 0.765. The minimum atomic E-state index is 0.612. The Morgan fingerprint density at radius 3 is 2.86 bits per heavy atom. The summed E-state index contributed by atoms with van der Waals surface area (Å²) < 4.78 is 0. The van der Waals surface area contributed by atoms with Crippen LogP contribution in [0.25, 0.3) is 0 Å². The van der Waals surface area contributed by atoms with Crippen LogP contribution in [-0.2, 0) is 0 Å². The molecule has 0 radical (unpaired) electrons. The molecule has 0 bridgehead atoms. The van der Waals surface area contributed by atoms with Crippen LogP contribution in [0.1, 0.15) is 38.5 Å². The van der Waals surface area contributed by atoms with Gasteiger partial charge in [-0.3, -0.25) is 0 Å². The Morgan fingerprint density at radius 1 is 1.29 bits per heavy atom. The molecule has 1 aromatic rings. The van der Waals surface area contributed by atoms with Crippen LogP contribution in [-0.4, -0.2) is 27.2 Å². The maximum absolute atomic E-state index is 3.84. The lowest BCUT2D eigenvalue weighted by Gasteiger charge is -2.21. The Labute approximate surface area is 83.7 Å². The molecule has 1 fully saturated rings. The maximum Gasteiger partial charge on any atom is 0.263 e. The molecule has 0 atom stereocenters. The average Bonchev–Trinajstić information content (AvgIpc) is 2.72. The van der Waals surface area contributed by atoms with E-state index in [4.69, 9.17) is 0 Å². The molecule has 0 amide bonds. The van der Waals surface area contributed by atoms with Crippen molar-refractivity contribution in [3.8, 4) is 0 Å². The van der Waals surface area contributed by atoms with Gasteiger partial charge in [0.25, 0.3) is 5.95 Å². The van der Waals surface area contributed by atoms with E-state index in [1.165, 1.54) is 38.5 Å². The zero-order chi connectivity index (χ0) is 9.64. The first kappa shape index (κ1) is 9.43. The lowest BCUT2D eigenvalue weighted by Crippen LogP contribution is -2.12. The first-order valence-electron chi connectivity index (χ1n) is 5.42. The second-order valence-electron chi connectivity index (χ2n) is 3.95. The van der Waals surface area contributed by atoms with Crippen LogP contribution < -0.4 is 5.32 Å². The highest BCUT2D eigenvalue weighted by atomic mass is 15.5. The van der Waals surface area contributed by atoms with Crippen molar-refractivity contribution < 1.29 is 0 Å². The minimum Gasteiger partial charge on any atom is -0.352 e. The van der Waals surface area contributed by atoms with Crippen molar-refractivity contribution in [1.29, 1.82) is 0 Å². The van der Waals surface area contributed by atoms with Gasteiger partial charge < -0.3 is 5.32 Å². The Balaban J connectivity index is 1.62. The molecular formula is C9H17N5. The molecule has 0 aromatic carbocycles. The Hall–Kier alpha value is -1.13. The molecule has 0 unspecified atom stereocenters. The molecular weight excluding hydrogens is 178 g/mol. The number of aromatic nitrogens is 4. The molecule has 1 saturated carbocycles. The van der Waals surface area contributed by atoms with E-state index in [1.54, 1.807) is 0 Å². The number of tetrazole rings is 1. The largest absolute Gasteiger partial charge is 0.352 e. The first-order valence-corrected chi connectivity index (χ1v) is 5.42. The van der Waals surface area contributed by atoms with E-state index >= 15 is 0 Å². The smallest absolute Gasteiger partial charge is 0.263 e. The van der Waals surface area contributed by atoms with Gasteiger partial charge >= 0.3 is 0 Å². The molecule has 1 aromatic heterocycles. The van der Waals surface area contributed by atoms with Crippen LogP contribution in [0.15, 0.2) is 0 Å². The SMILES string of the molecule is C1CCC(CCNc2nn[nH]n2)CC1.